The van der Waals surface area contributed by atoms with Crippen molar-refractivity contribution in [2.45, 2.75) is 4.90 Å². The number of amidine groups is 1. The Labute approximate surface area is 113 Å². The van der Waals surface area contributed by atoms with Gasteiger partial charge in [0.05, 0.1) is 11.4 Å². The molecular formula is C11H15ClN2O3S. The number of nitrogens with one attached hydrogen (secondary N) is 1. The van der Waals surface area contributed by atoms with Gasteiger partial charge in [0.25, 0.3) is 0 Å². The SMILES string of the molecule is CS(=O)(=O)c1ccc(OCC2=NCCN2)cc1.Cl. The van der Waals surface area contributed by atoms with Gasteiger partial charge in [-0.3, -0.25) is 4.99 Å². The maximum absolute atomic E-state index is 11.2. The fraction of sp³-hybridized carbons (Fsp3) is 0.364. The lowest BCUT2D eigenvalue weighted by Crippen LogP contribution is -2.24. The topological polar surface area (TPSA) is 67.8 Å². The molecule has 1 N–H and O–H groups in total. The summed E-state index contributed by atoms with van der Waals surface area (Å²) in [5, 5.41) is 3.09. The molecule has 1 aliphatic heterocycles. The van der Waals surface area contributed by atoms with Crippen LogP contribution in [-0.4, -0.2) is 40.2 Å². The van der Waals surface area contributed by atoms with Gasteiger partial charge in [0.15, 0.2) is 9.84 Å². The summed E-state index contributed by atoms with van der Waals surface area (Å²) in [6, 6.07) is 6.36. The first-order valence-electron chi connectivity index (χ1n) is 5.26. The van der Waals surface area contributed by atoms with Gasteiger partial charge in [0.2, 0.25) is 0 Å². The van der Waals surface area contributed by atoms with Crippen molar-refractivity contribution < 1.29 is 13.2 Å². The van der Waals surface area contributed by atoms with Crippen LogP contribution in [0.2, 0.25) is 0 Å². The van der Waals surface area contributed by atoms with Crippen molar-refractivity contribution >= 4 is 28.1 Å². The van der Waals surface area contributed by atoms with Gasteiger partial charge in [0.1, 0.15) is 18.2 Å². The van der Waals surface area contributed by atoms with Gasteiger partial charge >= 0.3 is 0 Å². The molecule has 1 aromatic carbocycles. The van der Waals surface area contributed by atoms with Crippen LogP contribution in [0.4, 0.5) is 0 Å². The maximum Gasteiger partial charge on any atom is 0.175 e. The van der Waals surface area contributed by atoms with Gasteiger partial charge in [-0.2, -0.15) is 0 Å². The number of ether oxygens (including phenoxy) is 1. The molecule has 5 nitrogen and oxygen atoms in total. The number of aliphatic imine (C=N–C) groups is 1. The molecule has 1 aliphatic rings. The molecule has 0 saturated carbocycles. The summed E-state index contributed by atoms with van der Waals surface area (Å²) in [5.74, 6) is 1.46. The number of sulfone groups is 1. The molecule has 100 valence electrons. The summed E-state index contributed by atoms with van der Waals surface area (Å²) in [4.78, 5) is 4.48. The summed E-state index contributed by atoms with van der Waals surface area (Å²) in [5.41, 5.74) is 0. The van der Waals surface area contributed by atoms with Crippen molar-refractivity contribution in [1.82, 2.24) is 5.32 Å². The zero-order chi connectivity index (χ0) is 12.3. The van der Waals surface area contributed by atoms with Crippen molar-refractivity contribution in [3.63, 3.8) is 0 Å². The lowest BCUT2D eigenvalue weighted by molar-refractivity contribution is 0.373. The molecule has 2 rings (SSSR count). The number of nitrogens with zero attached hydrogens (tertiary/aromatic N) is 1. The van der Waals surface area contributed by atoms with Crippen molar-refractivity contribution in [2.75, 3.05) is 26.0 Å². The summed E-state index contributed by atoms with van der Waals surface area (Å²) in [6.07, 6.45) is 1.18. The van der Waals surface area contributed by atoms with E-state index in [-0.39, 0.29) is 12.4 Å². The molecule has 1 heterocycles. The normalized spacial score (nSPS) is 14.4. The summed E-state index contributed by atoms with van der Waals surface area (Å²) in [7, 11) is -3.14. The second-order valence-electron chi connectivity index (χ2n) is 3.79. The number of benzene rings is 1. The first-order chi connectivity index (χ1) is 8.05. The van der Waals surface area contributed by atoms with Crippen molar-refractivity contribution in [1.29, 1.82) is 0 Å². The second-order valence-corrected chi connectivity index (χ2v) is 5.80. The minimum Gasteiger partial charge on any atom is -0.486 e. The molecule has 7 heteroatoms. The minimum absolute atomic E-state index is 0. The van der Waals surface area contributed by atoms with Gasteiger partial charge in [0, 0.05) is 12.8 Å². The third kappa shape index (κ3) is 3.89. The monoisotopic (exact) mass is 290 g/mol. The number of hydrogen-bond acceptors (Lipinski definition) is 5. The molecule has 0 saturated heterocycles. The second kappa shape index (κ2) is 6.06. The molecule has 0 unspecified atom stereocenters. The van der Waals surface area contributed by atoms with Crippen LogP contribution in [0.5, 0.6) is 5.75 Å². The van der Waals surface area contributed by atoms with Crippen LogP contribution in [0.25, 0.3) is 0 Å². The predicted molar refractivity (Wildman–Crippen MR) is 72.6 cm³/mol. The van der Waals surface area contributed by atoms with E-state index >= 15 is 0 Å². The van der Waals surface area contributed by atoms with Crippen LogP contribution < -0.4 is 10.1 Å². The van der Waals surface area contributed by atoms with Crippen LogP contribution in [0.15, 0.2) is 34.2 Å². The van der Waals surface area contributed by atoms with Crippen molar-refractivity contribution in [3.8, 4) is 5.75 Å². The van der Waals surface area contributed by atoms with Crippen LogP contribution >= 0.6 is 12.4 Å². The van der Waals surface area contributed by atoms with Gasteiger partial charge in [-0.25, -0.2) is 8.42 Å². The first kappa shape index (κ1) is 14.8. The van der Waals surface area contributed by atoms with E-state index in [1.165, 1.54) is 18.4 Å². The third-order valence-electron chi connectivity index (χ3n) is 2.37. The van der Waals surface area contributed by atoms with Crippen LogP contribution in [0.1, 0.15) is 0 Å². The Hall–Kier alpha value is -1.27. The Morgan fingerprint density at radius 3 is 2.50 bits per heavy atom. The van der Waals surface area contributed by atoms with E-state index < -0.39 is 9.84 Å². The zero-order valence-electron chi connectivity index (χ0n) is 9.92. The summed E-state index contributed by atoms with van der Waals surface area (Å²) in [6.45, 7) is 2.02. The third-order valence-corrected chi connectivity index (χ3v) is 3.50. The molecule has 0 aliphatic carbocycles. The Morgan fingerprint density at radius 2 is 2.00 bits per heavy atom. The predicted octanol–water partition coefficient (Wildman–Crippen LogP) is 0.892. The fourth-order valence-electron chi connectivity index (χ4n) is 1.48. The van der Waals surface area contributed by atoms with Crippen LogP contribution in [0, 0.1) is 0 Å². The van der Waals surface area contributed by atoms with E-state index in [4.69, 9.17) is 4.74 Å². The number of hydrogen-bond donors (Lipinski definition) is 1. The molecule has 18 heavy (non-hydrogen) atoms. The standard InChI is InChI=1S/C11H14N2O3S.ClH/c1-17(14,15)10-4-2-9(3-5-10)16-8-11-12-6-7-13-11;/h2-5H,6-8H2,1H3,(H,12,13);1H. The average molecular weight is 291 g/mol. The molecule has 0 radical (unpaired) electrons. The van der Waals surface area contributed by atoms with E-state index in [2.05, 4.69) is 10.3 Å². The average Bonchev–Trinajstić information content (AvgIpc) is 2.78. The zero-order valence-corrected chi connectivity index (χ0v) is 11.6. The van der Waals surface area contributed by atoms with E-state index in [9.17, 15) is 8.42 Å². The quantitative estimate of drug-likeness (QED) is 0.894. The highest BCUT2D eigenvalue weighted by atomic mass is 35.5. The smallest absolute Gasteiger partial charge is 0.175 e. The molecule has 0 aromatic heterocycles. The van der Waals surface area contributed by atoms with Crippen molar-refractivity contribution in [2.24, 2.45) is 4.99 Å². The fourth-order valence-corrected chi connectivity index (χ4v) is 2.11. The van der Waals surface area contributed by atoms with Gasteiger partial charge in [-0.05, 0) is 24.3 Å². The number of rotatable bonds is 4. The lowest BCUT2D eigenvalue weighted by Gasteiger charge is -2.07. The molecular weight excluding hydrogens is 276 g/mol. The van der Waals surface area contributed by atoms with Gasteiger partial charge in [-0.15, -0.1) is 12.4 Å². The Morgan fingerprint density at radius 1 is 1.33 bits per heavy atom. The Kier molecular flexibility index (Phi) is 4.98. The summed E-state index contributed by atoms with van der Waals surface area (Å²) >= 11 is 0. The molecule has 0 bridgehead atoms. The van der Waals surface area contributed by atoms with E-state index in [1.54, 1.807) is 12.1 Å². The maximum atomic E-state index is 11.2. The molecule has 0 amide bonds. The minimum atomic E-state index is -3.14. The highest BCUT2D eigenvalue weighted by Gasteiger charge is 2.08. The highest BCUT2D eigenvalue weighted by molar-refractivity contribution is 7.90. The Bertz CT molecular complexity index is 526. The van der Waals surface area contributed by atoms with E-state index in [0.29, 0.717) is 17.3 Å². The lowest BCUT2D eigenvalue weighted by atomic mass is 10.3. The molecule has 1 aromatic rings. The molecule has 0 spiro atoms. The van der Waals surface area contributed by atoms with Crippen LogP contribution in [0.3, 0.4) is 0 Å². The number of halogens is 1. The van der Waals surface area contributed by atoms with E-state index in [1.807, 2.05) is 0 Å². The molecule has 0 atom stereocenters. The molecule has 0 fully saturated rings. The Balaban J connectivity index is 0.00000162. The van der Waals surface area contributed by atoms with Gasteiger partial charge < -0.3 is 10.1 Å². The van der Waals surface area contributed by atoms with Crippen molar-refractivity contribution in [3.05, 3.63) is 24.3 Å². The summed E-state index contributed by atoms with van der Waals surface area (Å²) < 4.78 is 28.0. The largest absolute Gasteiger partial charge is 0.486 e. The van der Waals surface area contributed by atoms with Crippen LogP contribution in [-0.2, 0) is 9.84 Å². The highest BCUT2D eigenvalue weighted by Crippen LogP contribution is 2.15. The van der Waals surface area contributed by atoms with E-state index in [0.717, 1.165) is 18.9 Å². The first-order valence-corrected chi connectivity index (χ1v) is 7.15. The van der Waals surface area contributed by atoms with Gasteiger partial charge in [-0.1, -0.05) is 0 Å².